The average molecular weight is 561 g/mol. The van der Waals surface area contributed by atoms with Gasteiger partial charge in [0.1, 0.15) is 0 Å². The smallest absolute Gasteiger partial charge is 0.305 e. The number of hydrogen-bond acceptors (Lipinski definition) is 2. The van der Waals surface area contributed by atoms with E-state index in [1.54, 1.807) is 0 Å². The minimum absolute atomic E-state index is 0.0126. The fraction of sp³-hybridized carbons (Fsp3) is 0.868. The summed E-state index contributed by atoms with van der Waals surface area (Å²) in [4.78, 5) is 11.9. The summed E-state index contributed by atoms with van der Waals surface area (Å²) in [5.74, 6) is 0.0126. The average Bonchev–Trinajstić information content (AvgIpc) is 2.96. The van der Waals surface area contributed by atoms with E-state index in [0.717, 1.165) is 19.3 Å². The lowest BCUT2D eigenvalue weighted by Crippen LogP contribution is -2.05. The molecule has 0 radical (unpaired) electrons. The second kappa shape index (κ2) is 36.0. The van der Waals surface area contributed by atoms with Gasteiger partial charge in [0.15, 0.2) is 0 Å². The van der Waals surface area contributed by atoms with Crippen molar-refractivity contribution in [1.29, 1.82) is 0 Å². The van der Waals surface area contributed by atoms with Crippen molar-refractivity contribution in [2.45, 2.75) is 206 Å². The number of unbranched alkanes of at least 4 members (excludes halogenated alkanes) is 25. The Morgan fingerprint density at radius 2 is 0.700 bits per heavy atom. The van der Waals surface area contributed by atoms with Crippen LogP contribution in [0.25, 0.3) is 0 Å². The van der Waals surface area contributed by atoms with Gasteiger partial charge in [0, 0.05) is 6.42 Å². The van der Waals surface area contributed by atoms with Crippen molar-refractivity contribution in [3.8, 4) is 0 Å². The van der Waals surface area contributed by atoms with Gasteiger partial charge in [-0.25, -0.2) is 0 Å². The topological polar surface area (TPSA) is 26.3 Å². The van der Waals surface area contributed by atoms with Crippen molar-refractivity contribution in [1.82, 2.24) is 0 Å². The molecule has 0 N–H and O–H groups in total. The molecule has 0 aliphatic rings. The first-order valence-corrected chi connectivity index (χ1v) is 18.3. The number of carbonyl (C=O) groups excluding carboxylic acids is 1. The molecule has 2 heteroatoms. The van der Waals surface area contributed by atoms with Crippen molar-refractivity contribution in [3.05, 3.63) is 24.3 Å². The fourth-order valence-electron chi connectivity index (χ4n) is 5.30. The highest BCUT2D eigenvalue weighted by Gasteiger charge is 2.02. The van der Waals surface area contributed by atoms with Crippen molar-refractivity contribution >= 4 is 5.97 Å². The van der Waals surface area contributed by atoms with Gasteiger partial charge < -0.3 is 4.74 Å². The molecule has 0 aromatic rings. The van der Waals surface area contributed by atoms with Crippen LogP contribution < -0.4 is 0 Å². The normalized spacial score (nSPS) is 11.8. The summed E-state index contributed by atoms with van der Waals surface area (Å²) in [7, 11) is 0. The molecule has 0 saturated carbocycles. The first-order chi connectivity index (χ1) is 19.8. The molecule has 0 aromatic carbocycles. The molecule has 0 saturated heterocycles. The summed E-state index contributed by atoms with van der Waals surface area (Å²) < 4.78 is 5.44. The van der Waals surface area contributed by atoms with Gasteiger partial charge >= 0.3 is 5.97 Å². The third-order valence-electron chi connectivity index (χ3n) is 8.06. The predicted octanol–water partition coefficient (Wildman–Crippen LogP) is 13.4. The lowest BCUT2D eigenvalue weighted by molar-refractivity contribution is -0.143. The van der Waals surface area contributed by atoms with E-state index in [1.807, 2.05) is 0 Å². The van der Waals surface area contributed by atoms with Crippen LogP contribution in [0.5, 0.6) is 0 Å². The number of ether oxygens (including phenoxy) is 1. The van der Waals surface area contributed by atoms with E-state index in [0.29, 0.717) is 13.0 Å². The van der Waals surface area contributed by atoms with Gasteiger partial charge in [-0.15, -0.1) is 0 Å². The molecule has 0 aliphatic heterocycles. The summed E-state index contributed by atoms with van der Waals surface area (Å²) in [5, 5.41) is 0. The zero-order valence-corrected chi connectivity index (χ0v) is 27.5. The first-order valence-electron chi connectivity index (χ1n) is 18.3. The fourth-order valence-corrected chi connectivity index (χ4v) is 5.30. The Hall–Kier alpha value is -1.05. The zero-order valence-electron chi connectivity index (χ0n) is 27.5. The highest BCUT2D eigenvalue weighted by Crippen LogP contribution is 2.13. The summed E-state index contributed by atoms with van der Waals surface area (Å²) in [6.45, 7) is 5.18. The van der Waals surface area contributed by atoms with Crippen molar-refractivity contribution in [2.24, 2.45) is 0 Å². The minimum Gasteiger partial charge on any atom is -0.466 e. The molecular formula is C38H72O2. The van der Waals surface area contributed by atoms with Crippen molar-refractivity contribution in [3.63, 3.8) is 0 Å². The Bertz CT molecular complexity index is 536. The number of hydrogen-bond donors (Lipinski definition) is 0. The van der Waals surface area contributed by atoms with Crippen LogP contribution in [-0.2, 0) is 9.53 Å². The molecule has 0 aromatic heterocycles. The third kappa shape index (κ3) is 35.0. The largest absolute Gasteiger partial charge is 0.466 e. The lowest BCUT2D eigenvalue weighted by Gasteiger charge is -2.05. The number of allylic oxidation sites excluding steroid dienone is 4. The summed E-state index contributed by atoms with van der Waals surface area (Å²) >= 11 is 0. The van der Waals surface area contributed by atoms with Crippen LogP contribution in [0.4, 0.5) is 0 Å². The monoisotopic (exact) mass is 561 g/mol. The molecule has 0 aliphatic carbocycles. The van der Waals surface area contributed by atoms with Crippen LogP contribution in [0.15, 0.2) is 24.3 Å². The van der Waals surface area contributed by atoms with Crippen LogP contribution in [0.1, 0.15) is 206 Å². The molecule has 236 valence electrons. The highest BCUT2D eigenvalue weighted by molar-refractivity contribution is 5.69. The van der Waals surface area contributed by atoms with Gasteiger partial charge in [-0.05, 0) is 64.2 Å². The van der Waals surface area contributed by atoms with Crippen LogP contribution in [0, 0.1) is 0 Å². The Morgan fingerprint density at radius 3 is 1.07 bits per heavy atom. The summed E-state index contributed by atoms with van der Waals surface area (Å²) in [6.07, 6.45) is 48.1. The molecule has 40 heavy (non-hydrogen) atoms. The molecule has 0 spiro atoms. The van der Waals surface area contributed by atoms with E-state index >= 15 is 0 Å². The van der Waals surface area contributed by atoms with Gasteiger partial charge in [-0.3, -0.25) is 4.79 Å². The first kappa shape index (κ1) is 39.0. The van der Waals surface area contributed by atoms with Gasteiger partial charge in [0.05, 0.1) is 6.61 Å². The van der Waals surface area contributed by atoms with Gasteiger partial charge in [0.25, 0.3) is 0 Å². The number of rotatable bonds is 33. The van der Waals surface area contributed by atoms with E-state index in [2.05, 4.69) is 38.2 Å². The maximum atomic E-state index is 11.9. The van der Waals surface area contributed by atoms with E-state index in [-0.39, 0.29) is 5.97 Å². The number of carbonyl (C=O) groups is 1. The molecule has 0 fully saturated rings. The van der Waals surface area contributed by atoms with Gasteiger partial charge in [-0.2, -0.15) is 0 Å². The Morgan fingerprint density at radius 1 is 0.400 bits per heavy atom. The highest BCUT2D eigenvalue weighted by atomic mass is 16.5. The molecule has 0 amide bonds. The Kier molecular flexibility index (Phi) is 35.0. The lowest BCUT2D eigenvalue weighted by atomic mass is 10.1. The minimum atomic E-state index is 0.0126. The second-order valence-corrected chi connectivity index (χ2v) is 12.2. The number of esters is 1. The van der Waals surface area contributed by atoms with E-state index in [1.165, 1.54) is 167 Å². The maximum Gasteiger partial charge on any atom is 0.305 e. The molecule has 0 unspecified atom stereocenters. The third-order valence-corrected chi connectivity index (χ3v) is 8.06. The van der Waals surface area contributed by atoms with Crippen LogP contribution in [-0.4, -0.2) is 12.6 Å². The van der Waals surface area contributed by atoms with Gasteiger partial charge in [-0.1, -0.05) is 160 Å². The van der Waals surface area contributed by atoms with E-state index < -0.39 is 0 Å². The van der Waals surface area contributed by atoms with Crippen LogP contribution in [0.3, 0.4) is 0 Å². The quantitative estimate of drug-likeness (QED) is 0.0453. The SMILES string of the molecule is CCCCCCCCC=CCCCCCCCCCCOC(=O)CCCCCCC/C=C\CCCCCCCC. The summed E-state index contributed by atoms with van der Waals surface area (Å²) in [5.41, 5.74) is 0. The van der Waals surface area contributed by atoms with Crippen molar-refractivity contribution < 1.29 is 9.53 Å². The molecule has 2 nitrogen and oxygen atoms in total. The Balaban J connectivity index is 3.22. The maximum absolute atomic E-state index is 11.9. The summed E-state index contributed by atoms with van der Waals surface area (Å²) in [6, 6.07) is 0. The van der Waals surface area contributed by atoms with Crippen LogP contribution in [0.2, 0.25) is 0 Å². The van der Waals surface area contributed by atoms with E-state index in [9.17, 15) is 4.79 Å². The second-order valence-electron chi connectivity index (χ2n) is 12.2. The molecule has 0 atom stereocenters. The van der Waals surface area contributed by atoms with Crippen LogP contribution >= 0.6 is 0 Å². The molecule has 0 rings (SSSR count). The molecular weight excluding hydrogens is 488 g/mol. The standard InChI is InChI=1S/C38H72O2/c1-3-5-7-9-11-13-15-17-19-20-21-23-25-27-29-31-33-35-37-40-38(39)36-34-32-30-28-26-24-22-18-16-14-12-10-8-6-4-2/h17-19,22H,3-16,20-21,23-37H2,1-2H3/b19-17?,22-18-. The molecule has 0 bridgehead atoms. The van der Waals surface area contributed by atoms with E-state index in [4.69, 9.17) is 4.74 Å². The van der Waals surface area contributed by atoms with Gasteiger partial charge in [0.2, 0.25) is 0 Å². The molecule has 0 heterocycles. The zero-order chi connectivity index (χ0) is 29.0. The predicted molar refractivity (Wildman–Crippen MR) is 179 cm³/mol. The Labute approximate surface area is 252 Å². The van der Waals surface area contributed by atoms with Crippen molar-refractivity contribution in [2.75, 3.05) is 6.61 Å².